The topological polar surface area (TPSA) is 40.5 Å². The number of amides is 1. The lowest BCUT2D eigenvalue weighted by Crippen LogP contribution is -2.33. The van der Waals surface area contributed by atoms with Crippen LogP contribution in [0.1, 0.15) is 19.8 Å². The van der Waals surface area contributed by atoms with E-state index < -0.39 is 5.38 Å². The first-order chi connectivity index (χ1) is 6.15. The van der Waals surface area contributed by atoms with Crippen molar-refractivity contribution in [2.24, 2.45) is 5.92 Å². The van der Waals surface area contributed by atoms with Crippen molar-refractivity contribution in [1.29, 1.82) is 0 Å². The van der Waals surface area contributed by atoms with Crippen molar-refractivity contribution in [1.82, 2.24) is 4.90 Å². The summed E-state index contributed by atoms with van der Waals surface area (Å²) in [6.45, 7) is 3.46. The average molecular weight is 206 g/mol. The molecule has 2 atom stereocenters. The van der Waals surface area contributed by atoms with E-state index in [0.29, 0.717) is 5.92 Å². The lowest BCUT2D eigenvalue weighted by atomic mass is 10.1. The van der Waals surface area contributed by atoms with Gasteiger partial charge in [-0.25, -0.2) is 0 Å². The summed E-state index contributed by atoms with van der Waals surface area (Å²) in [4.78, 5) is 13.2. The van der Waals surface area contributed by atoms with Crippen molar-refractivity contribution in [3.8, 4) is 0 Å². The molecule has 13 heavy (non-hydrogen) atoms. The number of carbonyl (C=O) groups excluding carboxylic acids is 1. The molecule has 0 bridgehead atoms. The highest BCUT2D eigenvalue weighted by Gasteiger charge is 2.27. The van der Waals surface area contributed by atoms with Gasteiger partial charge in [0, 0.05) is 19.7 Å². The van der Waals surface area contributed by atoms with Gasteiger partial charge in [0.2, 0.25) is 5.91 Å². The van der Waals surface area contributed by atoms with Crippen molar-refractivity contribution >= 4 is 17.5 Å². The average Bonchev–Trinajstić information content (AvgIpc) is 2.52. The van der Waals surface area contributed by atoms with Gasteiger partial charge in [0.25, 0.3) is 0 Å². The van der Waals surface area contributed by atoms with Crippen LogP contribution < -0.4 is 0 Å². The summed E-state index contributed by atoms with van der Waals surface area (Å²) in [7, 11) is 0. The van der Waals surface area contributed by atoms with Crippen LogP contribution in [0.5, 0.6) is 0 Å². The standard InChI is InChI=1S/C9H16ClNO2/c1-7(10)9(13)11-4-2-8(6-11)3-5-12/h7-8,12H,2-6H2,1H3. The monoisotopic (exact) mass is 205 g/mol. The Morgan fingerprint density at radius 3 is 3.00 bits per heavy atom. The van der Waals surface area contributed by atoms with Crippen LogP contribution in [-0.4, -0.2) is 41.0 Å². The van der Waals surface area contributed by atoms with E-state index in [4.69, 9.17) is 16.7 Å². The number of carbonyl (C=O) groups is 1. The lowest BCUT2D eigenvalue weighted by Gasteiger charge is -2.17. The highest BCUT2D eigenvalue weighted by molar-refractivity contribution is 6.30. The molecular weight excluding hydrogens is 190 g/mol. The quantitative estimate of drug-likeness (QED) is 0.694. The minimum absolute atomic E-state index is 0.0158. The number of hydrogen-bond donors (Lipinski definition) is 1. The second-order valence-electron chi connectivity index (χ2n) is 3.57. The SMILES string of the molecule is CC(Cl)C(=O)N1CCC(CCO)C1. The van der Waals surface area contributed by atoms with E-state index in [1.54, 1.807) is 11.8 Å². The maximum atomic E-state index is 11.4. The molecule has 2 unspecified atom stereocenters. The smallest absolute Gasteiger partial charge is 0.240 e. The molecular formula is C9H16ClNO2. The van der Waals surface area contributed by atoms with Gasteiger partial charge in [-0.15, -0.1) is 11.6 Å². The second kappa shape index (κ2) is 4.82. The summed E-state index contributed by atoms with van der Waals surface area (Å²) in [5.74, 6) is 0.478. The number of nitrogens with zero attached hydrogens (tertiary/aromatic N) is 1. The van der Waals surface area contributed by atoms with Crippen LogP contribution >= 0.6 is 11.6 Å². The van der Waals surface area contributed by atoms with Gasteiger partial charge < -0.3 is 10.0 Å². The Labute approximate surface area is 83.7 Å². The molecule has 0 aliphatic carbocycles. The highest BCUT2D eigenvalue weighted by Crippen LogP contribution is 2.20. The number of aliphatic hydroxyl groups excluding tert-OH is 1. The minimum Gasteiger partial charge on any atom is -0.396 e. The molecule has 1 N–H and O–H groups in total. The summed E-state index contributed by atoms with van der Waals surface area (Å²) >= 11 is 5.69. The molecule has 76 valence electrons. The van der Waals surface area contributed by atoms with Crippen LogP contribution in [0.4, 0.5) is 0 Å². The Morgan fingerprint density at radius 1 is 1.77 bits per heavy atom. The van der Waals surface area contributed by atoms with Gasteiger partial charge in [-0.05, 0) is 25.7 Å². The lowest BCUT2D eigenvalue weighted by molar-refractivity contribution is -0.129. The molecule has 0 aromatic rings. The predicted octanol–water partition coefficient (Wildman–Crippen LogP) is 0.845. The van der Waals surface area contributed by atoms with Crippen molar-refractivity contribution < 1.29 is 9.90 Å². The van der Waals surface area contributed by atoms with E-state index in [9.17, 15) is 4.79 Å². The molecule has 0 spiro atoms. The molecule has 1 aliphatic heterocycles. The van der Waals surface area contributed by atoms with E-state index in [-0.39, 0.29) is 12.5 Å². The minimum atomic E-state index is -0.423. The normalized spacial score (nSPS) is 24.8. The number of aliphatic hydroxyl groups is 1. The van der Waals surface area contributed by atoms with E-state index >= 15 is 0 Å². The number of rotatable bonds is 3. The zero-order valence-electron chi connectivity index (χ0n) is 7.87. The highest BCUT2D eigenvalue weighted by atomic mass is 35.5. The molecule has 0 aromatic carbocycles. The zero-order valence-corrected chi connectivity index (χ0v) is 8.63. The Balaban J connectivity index is 2.36. The van der Waals surface area contributed by atoms with Gasteiger partial charge in [0.1, 0.15) is 5.38 Å². The van der Waals surface area contributed by atoms with Crippen molar-refractivity contribution in [2.45, 2.75) is 25.1 Å². The van der Waals surface area contributed by atoms with E-state index in [1.807, 2.05) is 0 Å². The number of alkyl halides is 1. The van der Waals surface area contributed by atoms with Crippen LogP contribution in [0.3, 0.4) is 0 Å². The molecule has 4 heteroatoms. The zero-order chi connectivity index (χ0) is 9.84. The van der Waals surface area contributed by atoms with E-state index in [0.717, 1.165) is 25.9 Å². The molecule has 0 aromatic heterocycles. The third-order valence-corrected chi connectivity index (χ3v) is 2.66. The van der Waals surface area contributed by atoms with E-state index in [2.05, 4.69) is 0 Å². The number of halogens is 1. The molecule has 1 rings (SSSR count). The Kier molecular flexibility index (Phi) is 4.00. The molecule has 0 radical (unpaired) electrons. The fraction of sp³-hybridized carbons (Fsp3) is 0.889. The van der Waals surface area contributed by atoms with Crippen LogP contribution in [0.15, 0.2) is 0 Å². The maximum Gasteiger partial charge on any atom is 0.240 e. The molecule has 1 aliphatic rings. The molecule has 1 saturated heterocycles. The van der Waals surface area contributed by atoms with Crippen molar-refractivity contribution in [2.75, 3.05) is 19.7 Å². The second-order valence-corrected chi connectivity index (χ2v) is 4.22. The summed E-state index contributed by atoms with van der Waals surface area (Å²) in [5.41, 5.74) is 0. The summed E-state index contributed by atoms with van der Waals surface area (Å²) in [6, 6.07) is 0. The van der Waals surface area contributed by atoms with Gasteiger partial charge >= 0.3 is 0 Å². The van der Waals surface area contributed by atoms with Crippen LogP contribution in [0.2, 0.25) is 0 Å². The Hall–Kier alpha value is -0.280. The first-order valence-corrected chi connectivity index (χ1v) is 5.12. The summed E-state index contributed by atoms with van der Waals surface area (Å²) in [6.07, 6.45) is 1.79. The fourth-order valence-electron chi connectivity index (χ4n) is 1.70. The van der Waals surface area contributed by atoms with Gasteiger partial charge in [-0.1, -0.05) is 0 Å². The fourth-order valence-corrected chi connectivity index (χ4v) is 1.84. The number of hydrogen-bond acceptors (Lipinski definition) is 2. The number of likely N-dealkylation sites (tertiary alicyclic amines) is 1. The third kappa shape index (κ3) is 2.85. The molecule has 3 nitrogen and oxygen atoms in total. The maximum absolute atomic E-state index is 11.4. The van der Waals surface area contributed by atoms with Gasteiger partial charge in [-0.3, -0.25) is 4.79 Å². The largest absolute Gasteiger partial charge is 0.396 e. The molecule has 1 amide bonds. The van der Waals surface area contributed by atoms with Crippen LogP contribution in [0, 0.1) is 5.92 Å². The Morgan fingerprint density at radius 2 is 2.46 bits per heavy atom. The van der Waals surface area contributed by atoms with Gasteiger partial charge in [-0.2, -0.15) is 0 Å². The molecule has 1 heterocycles. The third-order valence-electron chi connectivity index (χ3n) is 2.48. The first-order valence-electron chi connectivity index (χ1n) is 4.69. The van der Waals surface area contributed by atoms with Crippen LogP contribution in [0.25, 0.3) is 0 Å². The van der Waals surface area contributed by atoms with Crippen molar-refractivity contribution in [3.05, 3.63) is 0 Å². The summed E-state index contributed by atoms with van der Waals surface area (Å²) in [5, 5.41) is 8.31. The molecule has 0 saturated carbocycles. The predicted molar refractivity (Wildman–Crippen MR) is 51.7 cm³/mol. The van der Waals surface area contributed by atoms with Crippen molar-refractivity contribution in [3.63, 3.8) is 0 Å². The Bertz CT molecular complexity index is 184. The first kappa shape index (κ1) is 10.8. The van der Waals surface area contributed by atoms with E-state index in [1.165, 1.54) is 0 Å². The summed E-state index contributed by atoms with van der Waals surface area (Å²) < 4.78 is 0. The molecule has 1 fully saturated rings. The van der Waals surface area contributed by atoms with Gasteiger partial charge in [0.15, 0.2) is 0 Å². The van der Waals surface area contributed by atoms with Gasteiger partial charge in [0.05, 0.1) is 0 Å². The van der Waals surface area contributed by atoms with Crippen LogP contribution in [-0.2, 0) is 4.79 Å².